The van der Waals surface area contributed by atoms with Crippen LogP contribution < -0.4 is 16.6 Å². The van der Waals surface area contributed by atoms with Gasteiger partial charge in [-0.15, -0.1) is 0 Å². The fourth-order valence-corrected chi connectivity index (χ4v) is 3.67. The van der Waals surface area contributed by atoms with Crippen LogP contribution in [0.15, 0.2) is 24.3 Å². The number of nitrogen functional groups attached to an aromatic ring is 1. The molecule has 1 heterocycles. The molecule has 1 atom stereocenters. The minimum Gasteiger partial charge on any atom is -0.469 e. The van der Waals surface area contributed by atoms with E-state index in [1.807, 2.05) is 58.9 Å². The lowest BCUT2D eigenvalue weighted by Crippen LogP contribution is -2.35. The number of nitrogens with two attached hydrogens (primary N) is 2. The number of hydrogen-bond acceptors (Lipinski definition) is 7. The van der Waals surface area contributed by atoms with E-state index in [9.17, 15) is 9.90 Å². The summed E-state index contributed by atoms with van der Waals surface area (Å²) >= 11 is 0. The number of hydrogen-bond donors (Lipinski definition) is 3. The Bertz CT molecular complexity index is 896. The lowest BCUT2D eigenvalue weighted by Gasteiger charge is -2.34. The van der Waals surface area contributed by atoms with Crippen molar-refractivity contribution in [3.05, 3.63) is 52.3 Å². The molecule has 0 saturated heterocycles. The van der Waals surface area contributed by atoms with Gasteiger partial charge in [-0.3, -0.25) is 9.78 Å². The third kappa shape index (κ3) is 4.21. The number of aromatic nitrogens is 1. The largest absolute Gasteiger partial charge is 0.469 e. The molecule has 0 bridgehead atoms. The minimum atomic E-state index is -0.921. The summed E-state index contributed by atoms with van der Waals surface area (Å²) in [7, 11) is 1.38. The summed E-state index contributed by atoms with van der Waals surface area (Å²) in [5.74, 6) is 5.27. The first-order valence-electron chi connectivity index (χ1n) is 9.66. The van der Waals surface area contributed by atoms with Gasteiger partial charge in [-0.05, 0) is 63.4 Å². The monoisotopic (exact) mass is 400 g/mol. The van der Waals surface area contributed by atoms with Crippen molar-refractivity contribution in [1.29, 1.82) is 0 Å². The second-order valence-corrected chi connectivity index (χ2v) is 7.80. The van der Waals surface area contributed by atoms with Gasteiger partial charge < -0.3 is 20.6 Å². The molecule has 0 fully saturated rings. The van der Waals surface area contributed by atoms with Gasteiger partial charge in [-0.2, -0.15) is 0 Å². The molecule has 29 heavy (non-hydrogen) atoms. The van der Waals surface area contributed by atoms with Crippen LogP contribution in [0.25, 0.3) is 0 Å². The van der Waals surface area contributed by atoms with Gasteiger partial charge in [-0.1, -0.05) is 12.1 Å². The van der Waals surface area contributed by atoms with Crippen molar-refractivity contribution in [3.8, 4) is 0 Å². The maximum Gasteiger partial charge on any atom is 0.312 e. The summed E-state index contributed by atoms with van der Waals surface area (Å²) in [6.45, 7) is 9.84. The Morgan fingerprint density at radius 1 is 1.28 bits per heavy atom. The van der Waals surface area contributed by atoms with Gasteiger partial charge in [0.1, 0.15) is 0 Å². The average molecular weight is 401 g/mol. The molecular weight excluding hydrogens is 368 g/mol. The van der Waals surface area contributed by atoms with Crippen molar-refractivity contribution in [1.82, 2.24) is 4.98 Å². The van der Waals surface area contributed by atoms with Crippen molar-refractivity contribution >= 4 is 17.3 Å². The third-order valence-electron chi connectivity index (χ3n) is 5.60. The van der Waals surface area contributed by atoms with E-state index in [1.165, 1.54) is 7.11 Å². The quantitative estimate of drug-likeness (QED) is 0.283. The van der Waals surface area contributed by atoms with Crippen LogP contribution in [0.2, 0.25) is 0 Å². The Labute approximate surface area is 172 Å². The number of carbonyl (C=O) groups excluding carboxylic acids is 1. The van der Waals surface area contributed by atoms with Gasteiger partial charge in [-0.25, -0.2) is 5.84 Å². The fourth-order valence-electron chi connectivity index (χ4n) is 3.67. The normalized spacial score (nSPS) is 12.6. The molecule has 2 rings (SSSR count). The molecule has 7 nitrogen and oxygen atoms in total. The number of pyridine rings is 1. The molecule has 2 aromatic rings. The third-order valence-corrected chi connectivity index (χ3v) is 5.60. The van der Waals surface area contributed by atoms with Gasteiger partial charge in [0.05, 0.1) is 36.2 Å². The molecule has 0 aliphatic heterocycles. The number of methoxy groups -OCH3 is 1. The maximum atomic E-state index is 12.7. The van der Waals surface area contributed by atoms with Crippen LogP contribution in [0.5, 0.6) is 0 Å². The number of rotatable bonds is 7. The SMILES string of the molecule is CCN(N)c1ccc(C(c2ccc(C)c(CO)n2)C(C)(C)C(=O)OC)c(C)c1N. The van der Waals surface area contributed by atoms with Gasteiger partial charge in [0.15, 0.2) is 0 Å². The molecule has 0 aliphatic carbocycles. The van der Waals surface area contributed by atoms with Gasteiger partial charge in [0.25, 0.3) is 0 Å². The van der Waals surface area contributed by atoms with Crippen LogP contribution in [0.3, 0.4) is 0 Å². The molecule has 5 N–H and O–H groups in total. The predicted molar refractivity (Wildman–Crippen MR) is 115 cm³/mol. The Morgan fingerprint density at radius 2 is 1.93 bits per heavy atom. The molecule has 1 aromatic heterocycles. The van der Waals surface area contributed by atoms with Crippen molar-refractivity contribution in [2.45, 2.75) is 47.1 Å². The number of nitrogens with zero attached hydrogens (tertiary/aromatic N) is 2. The highest BCUT2D eigenvalue weighted by molar-refractivity contribution is 5.79. The summed E-state index contributed by atoms with van der Waals surface area (Å²) in [5, 5.41) is 11.3. The van der Waals surface area contributed by atoms with Gasteiger partial charge in [0, 0.05) is 18.2 Å². The van der Waals surface area contributed by atoms with Crippen LogP contribution >= 0.6 is 0 Å². The zero-order valence-corrected chi connectivity index (χ0v) is 18.1. The fraction of sp³-hybridized carbons (Fsp3) is 0.455. The molecule has 0 radical (unpaired) electrons. The van der Waals surface area contributed by atoms with E-state index < -0.39 is 11.3 Å². The predicted octanol–water partition coefficient (Wildman–Crippen LogP) is 2.80. The first kappa shape index (κ1) is 22.6. The second kappa shape index (κ2) is 8.80. The summed E-state index contributed by atoms with van der Waals surface area (Å²) in [5.41, 5.74) is 10.6. The second-order valence-electron chi connectivity index (χ2n) is 7.80. The van der Waals surface area contributed by atoms with E-state index in [4.69, 9.17) is 16.3 Å². The Kier molecular flexibility index (Phi) is 6.87. The zero-order valence-electron chi connectivity index (χ0n) is 18.1. The molecule has 1 unspecified atom stereocenters. The first-order chi connectivity index (χ1) is 13.6. The summed E-state index contributed by atoms with van der Waals surface area (Å²) in [6.07, 6.45) is 0. The number of esters is 1. The summed E-state index contributed by atoms with van der Waals surface area (Å²) in [6, 6.07) is 7.59. The van der Waals surface area contributed by atoms with E-state index in [0.717, 1.165) is 22.4 Å². The van der Waals surface area contributed by atoms with Crippen LogP contribution in [-0.4, -0.2) is 29.7 Å². The number of benzene rings is 1. The number of carbonyl (C=O) groups is 1. The highest BCUT2D eigenvalue weighted by atomic mass is 16.5. The Hall–Kier alpha value is -2.64. The number of ether oxygens (including phenoxy) is 1. The van der Waals surface area contributed by atoms with Crippen LogP contribution in [0.1, 0.15) is 54.8 Å². The Balaban J connectivity index is 2.76. The number of hydrazine groups is 1. The smallest absolute Gasteiger partial charge is 0.312 e. The van der Waals surface area contributed by atoms with Crippen LogP contribution in [-0.2, 0) is 16.1 Å². The van der Waals surface area contributed by atoms with Crippen molar-refractivity contribution in [2.75, 3.05) is 24.4 Å². The molecular formula is C22H32N4O3. The van der Waals surface area contributed by atoms with Crippen molar-refractivity contribution in [3.63, 3.8) is 0 Å². The van der Waals surface area contributed by atoms with Gasteiger partial charge in [0.2, 0.25) is 0 Å². The van der Waals surface area contributed by atoms with Crippen LogP contribution in [0, 0.1) is 19.3 Å². The number of aliphatic hydroxyl groups is 1. The molecule has 1 aromatic carbocycles. The van der Waals surface area contributed by atoms with E-state index in [1.54, 1.807) is 5.01 Å². The molecule has 0 aliphatic rings. The van der Waals surface area contributed by atoms with E-state index in [-0.39, 0.29) is 12.6 Å². The van der Waals surface area contributed by atoms with E-state index in [0.29, 0.717) is 23.6 Å². The maximum absolute atomic E-state index is 12.7. The van der Waals surface area contributed by atoms with E-state index in [2.05, 4.69) is 4.98 Å². The molecule has 0 saturated carbocycles. The summed E-state index contributed by atoms with van der Waals surface area (Å²) < 4.78 is 5.09. The summed E-state index contributed by atoms with van der Waals surface area (Å²) in [4.78, 5) is 17.4. The lowest BCUT2D eigenvalue weighted by molar-refractivity contribution is -0.151. The highest BCUT2D eigenvalue weighted by Crippen LogP contribution is 2.44. The first-order valence-corrected chi connectivity index (χ1v) is 9.66. The number of aryl methyl sites for hydroxylation is 1. The lowest BCUT2D eigenvalue weighted by atomic mass is 9.71. The average Bonchev–Trinajstić information content (AvgIpc) is 2.71. The minimum absolute atomic E-state index is 0.177. The number of anilines is 2. The number of aliphatic hydroxyl groups excluding tert-OH is 1. The van der Waals surface area contributed by atoms with Crippen molar-refractivity contribution in [2.24, 2.45) is 11.3 Å². The van der Waals surface area contributed by atoms with E-state index >= 15 is 0 Å². The van der Waals surface area contributed by atoms with Gasteiger partial charge >= 0.3 is 5.97 Å². The Morgan fingerprint density at radius 3 is 2.48 bits per heavy atom. The highest BCUT2D eigenvalue weighted by Gasteiger charge is 2.42. The van der Waals surface area contributed by atoms with Crippen LogP contribution in [0.4, 0.5) is 11.4 Å². The standard InChI is InChI=1S/C22H32N4O3/c1-7-26(24)18-11-9-15(14(3)20(18)23)19(22(4,5)21(28)29-6)16-10-8-13(2)17(12-27)25-16/h8-11,19,27H,7,12,23-24H2,1-6H3. The topological polar surface area (TPSA) is 115 Å². The zero-order chi connectivity index (χ0) is 21.9. The molecule has 0 spiro atoms. The van der Waals surface area contributed by atoms with Crippen molar-refractivity contribution < 1.29 is 14.6 Å². The molecule has 0 amide bonds. The molecule has 158 valence electrons. The molecule has 7 heteroatoms.